The number of amides is 1. The molecule has 1 saturated heterocycles. The summed E-state index contributed by atoms with van der Waals surface area (Å²) in [5, 5.41) is 20.5. The van der Waals surface area contributed by atoms with Gasteiger partial charge in [-0.15, -0.1) is 10.2 Å². The fourth-order valence-electron chi connectivity index (χ4n) is 3.80. The Bertz CT molecular complexity index is 1500. The van der Waals surface area contributed by atoms with Crippen molar-refractivity contribution in [3.8, 4) is 0 Å². The molecule has 1 aliphatic heterocycles. The van der Waals surface area contributed by atoms with Crippen molar-refractivity contribution in [3.63, 3.8) is 0 Å². The van der Waals surface area contributed by atoms with Gasteiger partial charge in [-0.05, 0) is 41.5 Å². The molecule has 5 rings (SSSR count). The fraction of sp³-hybridized carbons (Fsp3) is 0.0800. The van der Waals surface area contributed by atoms with Gasteiger partial charge in [-0.25, -0.2) is 0 Å². The van der Waals surface area contributed by atoms with Crippen molar-refractivity contribution in [2.24, 2.45) is 0 Å². The summed E-state index contributed by atoms with van der Waals surface area (Å²) in [7, 11) is 0. The fourth-order valence-corrected chi connectivity index (χ4v) is 6.37. The van der Waals surface area contributed by atoms with Crippen molar-refractivity contribution in [2.75, 3.05) is 4.90 Å². The van der Waals surface area contributed by atoms with E-state index in [1.54, 1.807) is 30.3 Å². The average Bonchev–Trinajstić information content (AvgIpc) is 3.46. The van der Waals surface area contributed by atoms with Crippen LogP contribution >= 0.6 is 50.6 Å². The number of hydrogen-bond donors (Lipinski definition) is 1. The lowest BCUT2D eigenvalue weighted by Crippen LogP contribution is -2.29. The number of rotatable bonds is 6. The van der Waals surface area contributed by atoms with Crippen molar-refractivity contribution >= 4 is 73.2 Å². The van der Waals surface area contributed by atoms with E-state index in [0.717, 1.165) is 10.0 Å². The molecule has 0 spiro atoms. The quantitative estimate of drug-likeness (QED) is 0.0918. The van der Waals surface area contributed by atoms with Gasteiger partial charge in [-0.3, -0.25) is 19.5 Å². The third kappa shape index (κ3) is 4.81. The highest BCUT2D eigenvalue weighted by Gasteiger charge is 2.48. The summed E-state index contributed by atoms with van der Waals surface area (Å²) in [5.74, 6) is -1.28. The Hall–Kier alpha value is -3.05. The number of halogens is 2. The Morgan fingerprint density at radius 1 is 1.08 bits per heavy atom. The molecule has 0 aliphatic carbocycles. The third-order valence-electron chi connectivity index (χ3n) is 5.47. The zero-order valence-electron chi connectivity index (χ0n) is 18.3. The normalized spacial score (nSPS) is 17.1. The second-order valence-electron chi connectivity index (χ2n) is 7.69. The molecule has 11 heteroatoms. The van der Waals surface area contributed by atoms with E-state index >= 15 is 0 Å². The Kier molecular flexibility index (Phi) is 7.20. The van der Waals surface area contributed by atoms with Gasteiger partial charge in [-0.2, -0.15) is 0 Å². The number of ketones is 1. The summed E-state index contributed by atoms with van der Waals surface area (Å²) >= 11 is 12.3. The SMILES string of the molecule is O=C1C(=O)N(c2nnc(SCc3ccccc3Cl)s2)C(c2cccc(Br)c2)C1=C(O)c1ccncc1. The number of nitrogens with zero attached hydrogens (tertiary/aromatic N) is 4. The largest absolute Gasteiger partial charge is 0.507 e. The molecule has 1 fully saturated rings. The van der Waals surface area contributed by atoms with Crippen LogP contribution in [0.25, 0.3) is 5.76 Å². The lowest BCUT2D eigenvalue weighted by Gasteiger charge is -2.22. The van der Waals surface area contributed by atoms with Gasteiger partial charge in [-0.1, -0.05) is 81.0 Å². The topological polar surface area (TPSA) is 96.3 Å². The van der Waals surface area contributed by atoms with Gasteiger partial charge in [0, 0.05) is 33.2 Å². The van der Waals surface area contributed by atoms with Gasteiger partial charge in [0.2, 0.25) is 5.13 Å². The Labute approximate surface area is 228 Å². The lowest BCUT2D eigenvalue weighted by atomic mass is 9.96. The highest BCUT2D eigenvalue weighted by atomic mass is 79.9. The van der Waals surface area contributed by atoms with Crippen LogP contribution in [-0.4, -0.2) is 32.0 Å². The Morgan fingerprint density at radius 2 is 1.86 bits per heavy atom. The molecule has 1 atom stereocenters. The van der Waals surface area contributed by atoms with Gasteiger partial charge < -0.3 is 5.11 Å². The van der Waals surface area contributed by atoms with Gasteiger partial charge in [0.05, 0.1) is 11.6 Å². The number of aliphatic hydroxyl groups is 1. The molecule has 180 valence electrons. The number of carbonyl (C=O) groups is 2. The van der Waals surface area contributed by atoms with Crippen molar-refractivity contribution < 1.29 is 14.7 Å². The number of Topliss-reactive ketones (excluding diaryl/α,β-unsaturated/α-hetero) is 1. The van der Waals surface area contributed by atoms with Crippen LogP contribution in [0.1, 0.15) is 22.7 Å². The summed E-state index contributed by atoms with van der Waals surface area (Å²) in [5.41, 5.74) is 1.95. The van der Waals surface area contributed by atoms with E-state index in [2.05, 4.69) is 31.1 Å². The molecule has 3 heterocycles. The summed E-state index contributed by atoms with van der Waals surface area (Å²) in [4.78, 5) is 31.8. The molecule has 4 aromatic rings. The van der Waals surface area contributed by atoms with E-state index in [4.69, 9.17) is 11.6 Å². The van der Waals surface area contributed by atoms with Gasteiger partial charge in [0.25, 0.3) is 5.78 Å². The molecule has 2 aromatic carbocycles. The predicted molar refractivity (Wildman–Crippen MR) is 144 cm³/mol. The summed E-state index contributed by atoms with van der Waals surface area (Å²) < 4.78 is 1.39. The van der Waals surface area contributed by atoms with E-state index in [1.807, 2.05) is 30.3 Å². The van der Waals surface area contributed by atoms with Crippen LogP contribution in [0.2, 0.25) is 5.02 Å². The zero-order chi connectivity index (χ0) is 25.2. The maximum Gasteiger partial charge on any atom is 0.301 e. The predicted octanol–water partition coefficient (Wildman–Crippen LogP) is 6.27. The first-order valence-electron chi connectivity index (χ1n) is 10.6. The number of hydrogen-bond acceptors (Lipinski definition) is 8. The Morgan fingerprint density at radius 3 is 2.61 bits per heavy atom. The molecule has 7 nitrogen and oxygen atoms in total. The van der Waals surface area contributed by atoms with E-state index in [1.165, 1.54) is 40.4 Å². The summed E-state index contributed by atoms with van der Waals surface area (Å²) in [6.07, 6.45) is 3.01. The van der Waals surface area contributed by atoms with Crippen LogP contribution in [0.4, 0.5) is 5.13 Å². The number of aromatic nitrogens is 3. The second kappa shape index (κ2) is 10.5. The first-order chi connectivity index (χ1) is 17.4. The monoisotopic (exact) mass is 598 g/mol. The number of benzene rings is 2. The number of carbonyl (C=O) groups excluding carboxylic acids is 2. The third-order valence-corrected chi connectivity index (χ3v) is 8.44. The van der Waals surface area contributed by atoms with Gasteiger partial charge in [0.1, 0.15) is 5.76 Å². The zero-order valence-corrected chi connectivity index (χ0v) is 22.3. The Balaban J connectivity index is 1.54. The van der Waals surface area contributed by atoms with Crippen molar-refractivity contribution in [1.82, 2.24) is 15.2 Å². The standard InChI is InChI=1S/C25H16BrClN4O3S2/c26-17-6-3-5-15(12-17)20-19(21(32)14-8-10-28-11-9-14)22(33)23(34)31(20)24-29-30-25(36-24)35-13-16-4-1-2-7-18(16)27/h1-12,20,32H,13H2. The van der Waals surface area contributed by atoms with Crippen molar-refractivity contribution in [1.29, 1.82) is 0 Å². The molecule has 0 saturated carbocycles. The molecule has 2 aromatic heterocycles. The van der Waals surface area contributed by atoms with E-state index in [9.17, 15) is 14.7 Å². The highest BCUT2D eigenvalue weighted by molar-refractivity contribution is 9.10. The van der Waals surface area contributed by atoms with E-state index in [0.29, 0.717) is 26.2 Å². The molecular formula is C25H16BrClN4O3S2. The van der Waals surface area contributed by atoms with Crippen molar-refractivity contribution in [2.45, 2.75) is 16.1 Å². The van der Waals surface area contributed by atoms with Gasteiger partial charge >= 0.3 is 5.91 Å². The van der Waals surface area contributed by atoms with Crippen LogP contribution in [0.3, 0.4) is 0 Å². The van der Waals surface area contributed by atoms with Crippen molar-refractivity contribution in [3.05, 3.63) is 105 Å². The van der Waals surface area contributed by atoms with Crippen LogP contribution in [0.15, 0.2) is 87.4 Å². The van der Waals surface area contributed by atoms with E-state index < -0.39 is 17.7 Å². The highest BCUT2D eigenvalue weighted by Crippen LogP contribution is 2.44. The molecule has 1 N–H and O–H groups in total. The van der Waals surface area contributed by atoms with Gasteiger partial charge in [0.15, 0.2) is 4.34 Å². The smallest absolute Gasteiger partial charge is 0.301 e. The summed E-state index contributed by atoms with van der Waals surface area (Å²) in [6.45, 7) is 0. The van der Waals surface area contributed by atoms with Crippen LogP contribution in [0.5, 0.6) is 0 Å². The number of aliphatic hydroxyl groups excluding tert-OH is 1. The maximum atomic E-state index is 13.3. The van der Waals surface area contributed by atoms with E-state index in [-0.39, 0.29) is 16.5 Å². The molecular weight excluding hydrogens is 584 g/mol. The molecule has 1 amide bonds. The molecule has 1 aliphatic rings. The van der Waals surface area contributed by atoms with Crippen LogP contribution in [-0.2, 0) is 15.3 Å². The molecule has 0 radical (unpaired) electrons. The first kappa shape index (κ1) is 24.6. The maximum absolute atomic E-state index is 13.3. The van der Waals surface area contributed by atoms with Crippen LogP contribution in [0, 0.1) is 0 Å². The minimum absolute atomic E-state index is 0.0234. The number of thioether (sulfide) groups is 1. The first-order valence-corrected chi connectivity index (χ1v) is 13.6. The summed E-state index contributed by atoms with van der Waals surface area (Å²) in [6, 6.07) is 17.0. The lowest BCUT2D eigenvalue weighted by molar-refractivity contribution is -0.132. The van der Waals surface area contributed by atoms with Crippen LogP contribution < -0.4 is 4.90 Å². The average molecular weight is 600 g/mol. The number of anilines is 1. The minimum Gasteiger partial charge on any atom is -0.507 e. The minimum atomic E-state index is -0.884. The molecule has 1 unspecified atom stereocenters. The molecule has 0 bridgehead atoms. The second-order valence-corrected chi connectivity index (χ2v) is 11.2. The molecule has 36 heavy (non-hydrogen) atoms. The number of pyridine rings is 1.